The number of fused-ring (bicyclic) bond motifs is 1. The number of aromatic nitrogens is 3. The van der Waals surface area contributed by atoms with Crippen LogP contribution < -0.4 is 10.5 Å². The number of rotatable bonds is 3. The highest BCUT2D eigenvalue weighted by Gasteiger charge is 2.35. The minimum absolute atomic E-state index is 0.242. The van der Waals surface area contributed by atoms with E-state index in [1.165, 1.54) is 19.3 Å². The first-order valence-corrected chi connectivity index (χ1v) is 9.51. The number of alkyl halides is 3. The number of piperidine rings is 1. The van der Waals surface area contributed by atoms with E-state index in [9.17, 15) is 18.0 Å². The van der Waals surface area contributed by atoms with Crippen LogP contribution in [-0.2, 0) is 25.7 Å². The zero-order chi connectivity index (χ0) is 19.7. The van der Waals surface area contributed by atoms with Gasteiger partial charge in [0.1, 0.15) is 5.82 Å². The van der Waals surface area contributed by atoms with Gasteiger partial charge in [0.2, 0.25) is 5.82 Å². The van der Waals surface area contributed by atoms with E-state index in [2.05, 4.69) is 14.9 Å². The van der Waals surface area contributed by atoms with Crippen molar-refractivity contribution in [2.45, 2.75) is 44.9 Å². The topological polar surface area (TPSA) is 65.1 Å². The molecule has 1 saturated heterocycles. The van der Waals surface area contributed by atoms with Gasteiger partial charge in [0.05, 0.1) is 11.3 Å². The molecule has 150 valence electrons. The summed E-state index contributed by atoms with van der Waals surface area (Å²) in [6.45, 7) is 3.49. The number of nitrogens with one attached hydrogen (secondary N) is 1. The number of aromatic amines is 1. The summed E-state index contributed by atoms with van der Waals surface area (Å²) in [6, 6.07) is 4.05. The van der Waals surface area contributed by atoms with Crippen LogP contribution in [0.15, 0.2) is 23.1 Å². The molecular formula is C19H22F3N5O. The number of hydrogen-bond donors (Lipinski definition) is 1. The summed E-state index contributed by atoms with van der Waals surface area (Å²) < 4.78 is 38.4. The Bertz CT molecular complexity index is 888. The molecule has 4 rings (SSSR count). The molecule has 2 aromatic rings. The molecule has 6 nitrogen and oxygen atoms in total. The van der Waals surface area contributed by atoms with Crippen molar-refractivity contribution in [2.75, 3.05) is 24.5 Å². The molecule has 1 N–H and O–H groups in total. The lowest BCUT2D eigenvalue weighted by Gasteiger charge is -2.29. The van der Waals surface area contributed by atoms with Gasteiger partial charge in [-0.3, -0.25) is 9.69 Å². The van der Waals surface area contributed by atoms with Gasteiger partial charge in [0.25, 0.3) is 5.56 Å². The zero-order valence-corrected chi connectivity index (χ0v) is 15.4. The standard InChI is InChI=1S/C19H22F3N5O/c20-19(21,22)18-24-15-6-9-26(12-14(15)17(28)25-18)11-13-4-5-16(23-10-13)27-7-2-1-3-8-27/h4-5,10H,1-3,6-9,11-12H2,(H,24,25,28). The summed E-state index contributed by atoms with van der Waals surface area (Å²) in [7, 11) is 0. The van der Waals surface area contributed by atoms with Crippen molar-refractivity contribution >= 4 is 5.82 Å². The number of pyridine rings is 1. The van der Waals surface area contributed by atoms with Crippen molar-refractivity contribution in [2.24, 2.45) is 0 Å². The molecule has 4 heterocycles. The first kappa shape index (κ1) is 18.9. The normalized spacial score (nSPS) is 18.2. The summed E-state index contributed by atoms with van der Waals surface area (Å²) in [5.74, 6) is -0.241. The van der Waals surface area contributed by atoms with Gasteiger partial charge >= 0.3 is 6.18 Å². The number of nitrogens with zero attached hydrogens (tertiary/aromatic N) is 4. The van der Waals surface area contributed by atoms with Crippen molar-refractivity contribution in [3.05, 3.63) is 51.3 Å². The lowest BCUT2D eigenvalue weighted by atomic mass is 10.1. The highest BCUT2D eigenvalue weighted by atomic mass is 19.4. The van der Waals surface area contributed by atoms with Crippen molar-refractivity contribution < 1.29 is 13.2 Å². The average molecular weight is 393 g/mol. The van der Waals surface area contributed by atoms with Crippen molar-refractivity contribution in [1.29, 1.82) is 0 Å². The van der Waals surface area contributed by atoms with E-state index in [1.807, 2.05) is 28.2 Å². The van der Waals surface area contributed by atoms with Gasteiger partial charge < -0.3 is 9.88 Å². The van der Waals surface area contributed by atoms with Crippen LogP contribution >= 0.6 is 0 Å². The molecule has 2 aliphatic heterocycles. The Labute approximate surface area is 160 Å². The summed E-state index contributed by atoms with van der Waals surface area (Å²) in [6.07, 6.45) is 1.16. The third-order valence-corrected chi connectivity index (χ3v) is 5.31. The number of halogens is 3. The zero-order valence-electron chi connectivity index (χ0n) is 15.4. The Kier molecular flexibility index (Phi) is 5.09. The quantitative estimate of drug-likeness (QED) is 0.869. The van der Waals surface area contributed by atoms with E-state index < -0.39 is 17.6 Å². The maximum atomic E-state index is 12.8. The molecule has 0 bridgehead atoms. The van der Waals surface area contributed by atoms with Crippen LogP contribution in [0.4, 0.5) is 19.0 Å². The van der Waals surface area contributed by atoms with Crippen LogP contribution in [0.5, 0.6) is 0 Å². The second kappa shape index (κ2) is 7.54. The first-order valence-electron chi connectivity index (χ1n) is 9.51. The van der Waals surface area contributed by atoms with E-state index in [0.29, 0.717) is 25.1 Å². The van der Waals surface area contributed by atoms with Crippen LogP contribution in [0, 0.1) is 0 Å². The Morgan fingerprint density at radius 1 is 1.11 bits per heavy atom. The summed E-state index contributed by atoms with van der Waals surface area (Å²) >= 11 is 0. The molecule has 0 unspecified atom stereocenters. The number of H-pyrrole nitrogens is 1. The van der Waals surface area contributed by atoms with Crippen LogP contribution in [-0.4, -0.2) is 39.5 Å². The van der Waals surface area contributed by atoms with Crippen LogP contribution in [0.1, 0.15) is 41.9 Å². The first-order chi connectivity index (χ1) is 13.4. The molecule has 9 heteroatoms. The largest absolute Gasteiger partial charge is 0.449 e. The maximum absolute atomic E-state index is 12.8. The lowest BCUT2D eigenvalue weighted by Crippen LogP contribution is -2.36. The van der Waals surface area contributed by atoms with E-state index in [4.69, 9.17) is 0 Å². The minimum Gasteiger partial charge on any atom is -0.357 e. The SMILES string of the molecule is O=c1[nH]c(C(F)(F)F)nc2c1CN(Cc1ccc(N3CCCCC3)nc1)CC2. The van der Waals surface area contributed by atoms with Gasteiger partial charge in [-0.25, -0.2) is 9.97 Å². The number of anilines is 1. The fraction of sp³-hybridized carbons (Fsp3) is 0.526. The van der Waals surface area contributed by atoms with Gasteiger partial charge in [0.15, 0.2) is 0 Å². The molecule has 0 saturated carbocycles. The highest BCUT2D eigenvalue weighted by molar-refractivity contribution is 5.39. The average Bonchev–Trinajstić information content (AvgIpc) is 2.69. The molecule has 0 amide bonds. The molecular weight excluding hydrogens is 371 g/mol. The van der Waals surface area contributed by atoms with Crippen molar-refractivity contribution in [3.8, 4) is 0 Å². The molecule has 0 spiro atoms. The fourth-order valence-corrected chi connectivity index (χ4v) is 3.83. The molecule has 0 radical (unpaired) electrons. The molecule has 28 heavy (non-hydrogen) atoms. The van der Waals surface area contributed by atoms with E-state index >= 15 is 0 Å². The van der Waals surface area contributed by atoms with E-state index in [1.54, 1.807) is 0 Å². The smallest absolute Gasteiger partial charge is 0.357 e. The summed E-state index contributed by atoms with van der Waals surface area (Å²) in [4.78, 5) is 26.5. The van der Waals surface area contributed by atoms with Gasteiger partial charge in [-0.2, -0.15) is 13.2 Å². The van der Waals surface area contributed by atoms with Gasteiger partial charge in [-0.05, 0) is 30.9 Å². The number of hydrogen-bond acceptors (Lipinski definition) is 5. The third kappa shape index (κ3) is 4.04. The van der Waals surface area contributed by atoms with Gasteiger partial charge in [0, 0.05) is 45.3 Å². The Morgan fingerprint density at radius 3 is 2.57 bits per heavy atom. The second-order valence-electron chi connectivity index (χ2n) is 7.37. The maximum Gasteiger partial charge on any atom is 0.449 e. The Balaban J connectivity index is 1.44. The van der Waals surface area contributed by atoms with Gasteiger partial charge in [-0.15, -0.1) is 0 Å². The van der Waals surface area contributed by atoms with Crippen LogP contribution in [0.25, 0.3) is 0 Å². The van der Waals surface area contributed by atoms with Gasteiger partial charge in [-0.1, -0.05) is 6.07 Å². The van der Waals surface area contributed by atoms with Crippen molar-refractivity contribution in [1.82, 2.24) is 19.9 Å². The highest BCUT2D eigenvalue weighted by Crippen LogP contribution is 2.27. The summed E-state index contributed by atoms with van der Waals surface area (Å²) in [5.41, 5.74) is 0.865. The summed E-state index contributed by atoms with van der Waals surface area (Å²) in [5, 5.41) is 0. The monoisotopic (exact) mass is 393 g/mol. The van der Waals surface area contributed by atoms with Crippen LogP contribution in [0.2, 0.25) is 0 Å². The molecule has 2 aromatic heterocycles. The minimum atomic E-state index is -4.65. The molecule has 0 aromatic carbocycles. The van der Waals surface area contributed by atoms with Crippen molar-refractivity contribution in [3.63, 3.8) is 0 Å². The van der Waals surface area contributed by atoms with E-state index in [0.717, 1.165) is 24.5 Å². The molecule has 0 atom stereocenters. The Hall–Kier alpha value is -2.42. The second-order valence-corrected chi connectivity index (χ2v) is 7.37. The van der Waals surface area contributed by atoms with Crippen LogP contribution in [0.3, 0.4) is 0 Å². The predicted octanol–water partition coefficient (Wildman–Crippen LogP) is 2.73. The third-order valence-electron chi connectivity index (χ3n) is 5.31. The van der Waals surface area contributed by atoms with E-state index in [-0.39, 0.29) is 12.2 Å². The molecule has 0 aliphatic carbocycles. The Morgan fingerprint density at radius 2 is 1.89 bits per heavy atom. The lowest BCUT2D eigenvalue weighted by molar-refractivity contribution is -0.145. The molecule has 2 aliphatic rings. The predicted molar refractivity (Wildman–Crippen MR) is 98.0 cm³/mol. The fourth-order valence-electron chi connectivity index (χ4n) is 3.83. The molecule has 1 fully saturated rings.